The minimum Gasteiger partial charge on any atom is -0.385 e. The van der Waals surface area contributed by atoms with Gasteiger partial charge in [-0.1, -0.05) is 17.7 Å². The number of aryl methyl sites for hydroxylation is 1. The smallest absolute Gasteiger partial charge is 0.269 e. The molecule has 0 aromatic heterocycles. The van der Waals surface area contributed by atoms with Crippen LogP contribution in [0, 0.1) is 17.0 Å². The number of hydrogen-bond acceptors (Lipinski definition) is 4. The van der Waals surface area contributed by atoms with E-state index in [2.05, 4.69) is 10.6 Å². The van der Waals surface area contributed by atoms with Gasteiger partial charge >= 0.3 is 0 Å². The molecule has 0 saturated heterocycles. The molecule has 0 atom stereocenters. The van der Waals surface area contributed by atoms with Crippen molar-refractivity contribution >= 4 is 34.6 Å². The minimum atomic E-state index is -0.439. The third-order valence-electron chi connectivity index (χ3n) is 3.46. The summed E-state index contributed by atoms with van der Waals surface area (Å²) in [6.07, 6.45) is 1.01. The van der Waals surface area contributed by atoms with E-state index in [0.29, 0.717) is 24.4 Å². The number of carbonyl (C=O) groups is 1. The summed E-state index contributed by atoms with van der Waals surface area (Å²) in [5.74, 6) is -0.0779. The van der Waals surface area contributed by atoms with Crippen LogP contribution < -0.4 is 10.6 Å². The maximum atomic E-state index is 11.9. The van der Waals surface area contributed by atoms with E-state index < -0.39 is 4.92 Å². The Morgan fingerprint density at radius 3 is 2.58 bits per heavy atom. The zero-order valence-corrected chi connectivity index (χ0v) is 14.0. The van der Waals surface area contributed by atoms with Gasteiger partial charge in [-0.2, -0.15) is 0 Å². The molecule has 2 N–H and O–H groups in total. The van der Waals surface area contributed by atoms with Gasteiger partial charge < -0.3 is 10.6 Å². The van der Waals surface area contributed by atoms with Crippen LogP contribution in [-0.2, 0) is 4.79 Å². The maximum Gasteiger partial charge on any atom is 0.269 e. The molecule has 7 heteroatoms. The second-order valence-corrected chi connectivity index (χ2v) is 5.78. The lowest BCUT2D eigenvalue weighted by atomic mass is 10.2. The summed E-state index contributed by atoms with van der Waals surface area (Å²) in [5.41, 5.74) is 2.51. The lowest BCUT2D eigenvalue weighted by Gasteiger charge is -2.09. The highest BCUT2D eigenvalue weighted by atomic mass is 35.5. The number of halogens is 1. The first kappa shape index (κ1) is 17.7. The van der Waals surface area contributed by atoms with Crippen LogP contribution in [0.5, 0.6) is 0 Å². The van der Waals surface area contributed by atoms with Crippen LogP contribution in [0.15, 0.2) is 42.5 Å². The van der Waals surface area contributed by atoms with Gasteiger partial charge in [0.25, 0.3) is 5.69 Å². The average Bonchev–Trinajstić information content (AvgIpc) is 2.55. The molecule has 126 valence electrons. The Hall–Kier alpha value is -2.60. The molecule has 0 spiro atoms. The highest BCUT2D eigenvalue weighted by Crippen LogP contribution is 2.20. The predicted molar refractivity (Wildman–Crippen MR) is 95.6 cm³/mol. The maximum absolute atomic E-state index is 11.9. The van der Waals surface area contributed by atoms with E-state index in [4.69, 9.17) is 11.6 Å². The molecule has 1 amide bonds. The fourth-order valence-corrected chi connectivity index (χ4v) is 2.30. The van der Waals surface area contributed by atoms with Crippen LogP contribution in [0.1, 0.15) is 18.4 Å². The highest BCUT2D eigenvalue weighted by molar-refractivity contribution is 6.31. The van der Waals surface area contributed by atoms with E-state index in [-0.39, 0.29) is 11.6 Å². The van der Waals surface area contributed by atoms with Crippen LogP contribution in [0.3, 0.4) is 0 Å². The summed E-state index contributed by atoms with van der Waals surface area (Å²) in [4.78, 5) is 22.1. The Morgan fingerprint density at radius 2 is 1.92 bits per heavy atom. The number of nitrogens with one attached hydrogen (secondary N) is 2. The van der Waals surface area contributed by atoms with Crippen molar-refractivity contribution in [2.75, 3.05) is 17.2 Å². The largest absolute Gasteiger partial charge is 0.385 e. The quantitative estimate of drug-likeness (QED) is 0.442. The molecular formula is C17H18ClN3O3. The number of benzene rings is 2. The minimum absolute atomic E-state index is 0.0526. The topological polar surface area (TPSA) is 84.3 Å². The van der Waals surface area contributed by atoms with E-state index in [9.17, 15) is 14.9 Å². The van der Waals surface area contributed by atoms with Crippen molar-refractivity contribution in [3.63, 3.8) is 0 Å². The normalized spacial score (nSPS) is 10.2. The van der Waals surface area contributed by atoms with Gasteiger partial charge in [-0.05, 0) is 43.2 Å². The number of nitro benzene ring substituents is 1. The van der Waals surface area contributed by atoms with Gasteiger partial charge in [0.15, 0.2) is 0 Å². The summed E-state index contributed by atoms with van der Waals surface area (Å²) in [6, 6.07) is 11.5. The molecule has 0 aliphatic heterocycles. The second kappa shape index (κ2) is 8.31. The Balaban J connectivity index is 1.74. The summed E-state index contributed by atoms with van der Waals surface area (Å²) >= 11 is 5.92. The number of non-ortho nitro benzene ring substituents is 1. The fourth-order valence-electron chi connectivity index (χ4n) is 2.12. The third kappa shape index (κ3) is 5.24. The number of nitro groups is 1. The van der Waals surface area contributed by atoms with Crippen LogP contribution >= 0.6 is 11.6 Å². The number of anilines is 2. The molecule has 0 heterocycles. The van der Waals surface area contributed by atoms with Gasteiger partial charge in [-0.15, -0.1) is 0 Å². The van der Waals surface area contributed by atoms with Crippen molar-refractivity contribution in [1.82, 2.24) is 0 Å². The summed E-state index contributed by atoms with van der Waals surface area (Å²) in [5, 5.41) is 17.1. The van der Waals surface area contributed by atoms with Crippen molar-refractivity contribution in [2.45, 2.75) is 19.8 Å². The van der Waals surface area contributed by atoms with Crippen LogP contribution in [0.2, 0.25) is 5.02 Å². The SMILES string of the molecule is Cc1ccc(Cl)cc1NC(=O)CCCNc1ccc([N+](=O)[O-])cc1. The van der Waals surface area contributed by atoms with Gasteiger partial charge in [-0.25, -0.2) is 0 Å². The molecule has 0 radical (unpaired) electrons. The molecule has 2 aromatic carbocycles. The predicted octanol–water partition coefficient (Wildman–Crippen LogP) is 4.39. The van der Waals surface area contributed by atoms with Crippen LogP contribution in [0.4, 0.5) is 17.1 Å². The van der Waals surface area contributed by atoms with E-state index in [1.165, 1.54) is 12.1 Å². The van der Waals surface area contributed by atoms with Crippen molar-refractivity contribution in [1.29, 1.82) is 0 Å². The van der Waals surface area contributed by atoms with Crippen LogP contribution in [0.25, 0.3) is 0 Å². The number of hydrogen-bond donors (Lipinski definition) is 2. The Labute approximate surface area is 145 Å². The zero-order valence-electron chi connectivity index (χ0n) is 13.2. The molecule has 0 fully saturated rings. The first-order chi connectivity index (χ1) is 11.5. The Morgan fingerprint density at radius 1 is 1.21 bits per heavy atom. The third-order valence-corrected chi connectivity index (χ3v) is 3.70. The molecule has 2 rings (SSSR count). The van der Waals surface area contributed by atoms with Gasteiger partial charge in [0, 0.05) is 41.5 Å². The van der Waals surface area contributed by atoms with Crippen molar-refractivity contribution in [3.8, 4) is 0 Å². The van der Waals surface area contributed by atoms with E-state index >= 15 is 0 Å². The molecule has 24 heavy (non-hydrogen) atoms. The summed E-state index contributed by atoms with van der Waals surface area (Å²) < 4.78 is 0. The van der Waals surface area contributed by atoms with Crippen molar-refractivity contribution in [3.05, 3.63) is 63.2 Å². The molecule has 2 aromatic rings. The second-order valence-electron chi connectivity index (χ2n) is 5.34. The molecule has 6 nitrogen and oxygen atoms in total. The van der Waals surface area contributed by atoms with Gasteiger partial charge in [0.2, 0.25) is 5.91 Å². The first-order valence-electron chi connectivity index (χ1n) is 7.50. The Kier molecular flexibility index (Phi) is 6.14. The molecule has 0 aliphatic carbocycles. The highest BCUT2D eigenvalue weighted by Gasteiger charge is 2.06. The van der Waals surface area contributed by atoms with Crippen molar-refractivity contribution in [2.24, 2.45) is 0 Å². The van der Waals surface area contributed by atoms with E-state index in [1.54, 1.807) is 24.3 Å². The average molecular weight is 348 g/mol. The first-order valence-corrected chi connectivity index (χ1v) is 7.88. The molecule has 0 saturated carbocycles. The van der Waals surface area contributed by atoms with Gasteiger partial charge in [-0.3, -0.25) is 14.9 Å². The van der Waals surface area contributed by atoms with E-state index in [1.807, 2.05) is 13.0 Å². The lowest BCUT2D eigenvalue weighted by molar-refractivity contribution is -0.384. The number of carbonyl (C=O) groups excluding carboxylic acids is 1. The van der Waals surface area contributed by atoms with Crippen molar-refractivity contribution < 1.29 is 9.72 Å². The van der Waals surface area contributed by atoms with Gasteiger partial charge in [0.05, 0.1) is 4.92 Å². The zero-order chi connectivity index (χ0) is 17.5. The number of nitrogens with zero attached hydrogens (tertiary/aromatic N) is 1. The van der Waals surface area contributed by atoms with Gasteiger partial charge in [0.1, 0.15) is 0 Å². The standard InChI is InChI=1S/C17H18ClN3O3/c1-12-4-5-13(18)11-16(12)20-17(22)3-2-10-19-14-6-8-15(9-7-14)21(23)24/h4-9,11,19H,2-3,10H2,1H3,(H,20,22). The Bertz CT molecular complexity index is 732. The molecular weight excluding hydrogens is 330 g/mol. The summed E-state index contributed by atoms with van der Waals surface area (Å²) in [6.45, 7) is 2.50. The molecule has 0 aliphatic rings. The molecule has 0 bridgehead atoms. The monoisotopic (exact) mass is 347 g/mol. The summed E-state index contributed by atoms with van der Waals surface area (Å²) in [7, 11) is 0. The van der Waals surface area contributed by atoms with Crippen LogP contribution in [-0.4, -0.2) is 17.4 Å². The lowest BCUT2D eigenvalue weighted by Crippen LogP contribution is -2.14. The number of amides is 1. The number of rotatable bonds is 7. The van der Waals surface area contributed by atoms with E-state index in [0.717, 1.165) is 16.9 Å². The molecule has 0 unspecified atom stereocenters. The fraction of sp³-hybridized carbons (Fsp3) is 0.235.